The molecule has 1 aromatic rings. The molecule has 1 aliphatic rings. The van der Waals surface area contributed by atoms with Gasteiger partial charge in [-0.3, -0.25) is 4.98 Å². The van der Waals surface area contributed by atoms with E-state index in [0.29, 0.717) is 10.2 Å². The van der Waals surface area contributed by atoms with E-state index in [1.165, 1.54) is 12.0 Å². The molecule has 2 unspecified atom stereocenters. The summed E-state index contributed by atoms with van der Waals surface area (Å²) in [6.07, 6.45) is 6.21. The second-order valence-corrected chi connectivity index (χ2v) is 6.05. The molecule has 0 saturated heterocycles. The van der Waals surface area contributed by atoms with Gasteiger partial charge in [-0.2, -0.15) is 0 Å². The number of pyridine rings is 1. The summed E-state index contributed by atoms with van der Waals surface area (Å²) in [4.78, 5) is 4.65. The highest BCUT2D eigenvalue weighted by atomic mass is 79.9. The number of hydrogen-bond donors (Lipinski definition) is 0. The lowest BCUT2D eigenvalue weighted by Crippen LogP contribution is -2.09. The van der Waals surface area contributed by atoms with Crippen LogP contribution in [0.15, 0.2) is 24.5 Å². The van der Waals surface area contributed by atoms with Crippen molar-refractivity contribution in [1.29, 1.82) is 0 Å². The lowest BCUT2D eigenvalue weighted by Gasteiger charge is -2.11. The third-order valence-electron chi connectivity index (χ3n) is 3.21. The first-order valence-corrected chi connectivity index (χ1v) is 6.04. The van der Waals surface area contributed by atoms with Crippen LogP contribution < -0.4 is 0 Å². The first-order valence-electron chi connectivity index (χ1n) is 5.12. The Hall–Kier alpha value is -0.370. The van der Waals surface area contributed by atoms with Gasteiger partial charge in [-0.05, 0) is 41.9 Å². The summed E-state index contributed by atoms with van der Waals surface area (Å²) in [6, 6.07) is 4.20. The van der Waals surface area contributed by atoms with Crippen LogP contribution in [0.2, 0.25) is 0 Å². The van der Waals surface area contributed by atoms with Gasteiger partial charge in [-0.25, -0.2) is 0 Å². The third-order valence-corrected chi connectivity index (χ3v) is 4.17. The van der Waals surface area contributed by atoms with Crippen LogP contribution in [0.5, 0.6) is 0 Å². The number of nitrogens with zero attached hydrogens (tertiary/aromatic N) is 1. The predicted octanol–water partition coefficient (Wildman–Crippen LogP) is 3.43. The molecular weight excluding hydrogens is 238 g/mol. The first kappa shape index (κ1) is 10.2. The SMILES string of the molecule is CC1(C)CC1C(Br)Cc1ccncc1. The van der Waals surface area contributed by atoms with Gasteiger partial charge in [-0.15, -0.1) is 0 Å². The van der Waals surface area contributed by atoms with Crippen molar-refractivity contribution in [3.05, 3.63) is 30.1 Å². The molecule has 2 atom stereocenters. The van der Waals surface area contributed by atoms with Gasteiger partial charge in [-0.1, -0.05) is 29.8 Å². The molecule has 76 valence electrons. The quantitative estimate of drug-likeness (QED) is 0.753. The average molecular weight is 254 g/mol. The lowest BCUT2D eigenvalue weighted by molar-refractivity contribution is 0.546. The molecule has 0 aromatic carbocycles. The maximum Gasteiger partial charge on any atom is 0.0270 e. The molecule has 0 aliphatic heterocycles. The molecule has 14 heavy (non-hydrogen) atoms. The van der Waals surface area contributed by atoms with Crippen molar-refractivity contribution in [3.63, 3.8) is 0 Å². The molecule has 2 rings (SSSR count). The van der Waals surface area contributed by atoms with Crippen LogP contribution in [0.4, 0.5) is 0 Å². The van der Waals surface area contributed by atoms with E-state index in [1.54, 1.807) is 0 Å². The summed E-state index contributed by atoms with van der Waals surface area (Å²) in [7, 11) is 0. The Labute approximate surface area is 94.1 Å². The van der Waals surface area contributed by atoms with Gasteiger partial charge < -0.3 is 0 Å². The van der Waals surface area contributed by atoms with Crippen LogP contribution in [-0.4, -0.2) is 9.81 Å². The van der Waals surface area contributed by atoms with Crippen molar-refractivity contribution in [2.45, 2.75) is 31.5 Å². The van der Waals surface area contributed by atoms with E-state index in [9.17, 15) is 0 Å². The van der Waals surface area contributed by atoms with Gasteiger partial charge in [0.25, 0.3) is 0 Å². The van der Waals surface area contributed by atoms with Crippen LogP contribution in [0.3, 0.4) is 0 Å². The normalized spacial score (nSPS) is 25.8. The minimum absolute atomic E-state index is 0.557. The fourth-order valence-corrected chi connectivity index (χ4v) is 3.29. The molecular formula is C12H16BrN. The summed E-state index contributed by atoms with van der Waals surface area (Å²) < 4.78 is 0. The van der Waals surface area contributed by atoms with Crippen molar-refractivity contribution in [3.8, 4) is 0 Å². The second kappa shape index (κ2) is 3.65. The molecule has 0 amide bonds. The number of halogens is 1. The average Bonchev–Trinajstić information content (AvgIpc) is 2.77. The standard InChI is InChI=1S/C12H16BrN/c1-12(2)8-10(12)11(13)7-9-3-5-14-6-4-9/h3-6,10-11H,7-8H2,1-2H3. The van der Waals surface area contributed by atoms with Crippen molar-refractivity contribution in [1.82, 2.24) is 4.98 Å². The van der Waals surface area contributed by atoms with Crippen molar-refractivity contribution >= 4 is 15.9 Å². The summed E-state index contributed by atoms with van der Waals surface area (Å²) >= 11 is 3.80. The number of aromatic nitrogens is 1. The Morgan fingerprint density at radius 3 is 2.57 bits per heavy atom. The van der Waals surface area contributed by atoms with Crippen LogP contribution >= 0.6 is 15.9 Å². The van der Waals surface area contributed by atoms with Gasteiger partial charge in [0.05, 0.1) is 0 Å². The summed E-state index contributed by atoms with van der Waals surface area (Å²) in [5.74, 6) is 0.843. The van der Waals surface area contributed by atoms with Gasteiger partial charge in [0.2, 0.25) is 0 Å². The molecule has 1 nitrogen and oxygen atoms in total. The molecule has 0 bridgehead atoms. The highest BCUT2D eigenvalue weighted by Crippen LogP contribution is 2.55. The van der Waals surface area contributed by atoms with Gasteiger partial charge in [0.15, 0.2) is 0 Å². The monoisotopic (exact) mass is 253 g/mol. The largest absolute Gasteiger partial charge is 0.265 e. The molecule has 1 heterocycles. The zero-order valence-electron chi connectivity index (χ0n) is 8.70. The molecule has 0 radical (unpaired) electrons. The number of rotatable bonds is 3. The Bertz CT molecular complexity index is 307. The van der Waals surface area contributed by atoms with Crippen molar-refractivity contribution < 1.29 is 0 Å². The van der Waals surface area contributed by atoms with E-state index >= 15 is 0 Å². The zero-order chi connectivity index (χ0) is 10.2. The van der Waals surface area contributed by atoms with Gasteiger partial charge in [0.1, 0.15) is 0 Å². The molecule has 2 heteroatoms. The molecule has 1 aliphatic carbocycles. The third kappa shape index (κ3) is 2.17. The summed E-state index contributed by atoms with van der Waals surface area (Å²) in [6.45, 7) is 4.69. The van der Waals surface area contributed by atoms with E-state index in [1.807, 2.05) is 12.4 Å². The Morgan fingerprint density at radius 1 is 1.50 bits per heavy atom. The molecule has 1 fully saturated rings. The molecule has 1 saturated carbocycles. The Balaban J connectivity index is 1.93. The minimum atomic E-state index is 0.557. The first-order chi connectivity index (χ1) is 6.59. The predicted molar refractivity (Wildman–Crippen MR) is 62.5 cm³/mol. The molecule has 0 N–H and O–H groups in total. The lowest BCUT2D eigenvalue weighted by atomic mass is 10.0. The van der Waals surface area contributed by atoms with E-state index in [0.717, 1.165) is 12.3 Å². The second-order valence-electron chi connectivity index (χ2n) is 4.87. The Morgan fingerprint density at radius 2 is 2.07 bits per heavy atom. The number of hydrogen-bond acceptors (Lipinski definition) is 1. The van der Waals surface area contributed by atoms with Gasteiger partial charge in [0, 0.05) is 17.2 Å². The molecule has 0 spiro atoms. The van der Waals surface area contributed by atoms with Crippen LogP contribution in [0.1, 0.15) is 25.8 Å². The smallest absolute Gasteiger partial charge is 0.0270 e. The zero-order valence-corrected chi connectivity index (χ0v) is 10.3. The van der Waals surface area contributed by atoms with Crippen molar-refractivity contribution in [2.24, 2.45) is 11.3 Å². The topological polar surface area (TPSA) is 12.9 Å². The van der Waals surface area contributed by atoms with E-state index in [-0.39, 0.29) is 0 Å². The Kier molecular flexibility index (Phi) is 2.65. The van der Waals surface area contributed by atoms with E-state index < -0.39 is 0 Å². The maximum atomic E-state index is 4.03. The van der Waals surface area contributed by atoms with Crippen molar-refractivity contribution in [2.75, 3.05) is 0 Å². The van der Waals surface area contributed by atoms with Crippen LogP contribution in [-0.2, 0) is 6.42 Å². The summed E-state index contributed by atoms with van der Waals surface area (Å²) in [5.41, 5.74) is 1.94. The fraction of sp³-hybridized carbons (Fsp3) is 0.583. The molecule has 1 aromatic heterocycles. The summed E-state index contributed by atoms with van der Waals surface area (Å²) in [5, 5.41) is 0. The maximum absolute atomic E-state index is 4.03. The number of alkyl halides is 1. The van der Waals surface area contributed by atoms with E-state index in [2.05, 4.69) is 46.9 Å². The van der Waals surface area contributed by atoms with Gasteiger partial charge >= 0.3 is 0 Å². The van der Waals surface area contributed by atoms with Crippen LogP contribution in [0, 0.1) is 11.3 Å². The fourth-order valence-electron chi connectivity index (χ4n) is 2.01. The highest BCUT2D eigenvalue weighted by Gasteiger charge is 2.48. The van der Waals surface area contributed by atoms with E-state index in [4.69, 9.17) is 0 Å². The highest BCUT2D eigenvalue weighted by molar-refractivity contribution is 9.09. The van der Waals surface area contributed by atoms with Crippen LogP contribution in [0.25, 0.3) is 0 Å². The minimum Gasteiger partial charge on any atom is -0.265 e.